The normalized spacial score (nSPS) is 19.0. The standard InChI is InChI=1S/C22H29N5O2.ClH/c1-17-3-5-18(6-4-17)20(28)26-15-7-19(8-16-26)25-21(29)22(9-12-23-13-10-22)27-14-2-11-24-27;/h2-6,11,14,19,23H,7-10,12-13,15-16H2,1H3,(H,25,29);1H. The van der Waals surface area contributed by atoms with Gasteiger partial charge in [0.1, 0.15) is 5.54 Å². The van der Waals surface area contributed by atoms with Gasteiger partial charge in [-0.25, -0.2) is 0 Å². The zero-order valence-corrected chi connectivity index (χ0v) is 18.2. The minimum Gasteiger partial charge on any atom is -0.351 e. The van der Waals surface area contributed by atoms with Crippen molar-refractivity contribution >= 4 is 24.2 Å². The van der Waals surface area contributed by atoms with Crippen molar-refractivity contribution in [2.24, 2.45) is 0 Å². The van der Waals surface area contributed by atoms with Crippen molar-refractivity contribution in [2.45, 2.75) is 44.2 Å². The Balaban J connectivity index is 0.00000256. The van der Waals surface area contributed by atoms with E-state index in [1.54, 1.807) is 6.20 Å². The molecule has 0 atom stereocenters. The minimum absolute atomic E-state index is 0. The molecule has 30 heavy (non-hydrogen) atoms. The van der Waals surface area contributed by atoms with Gasteiger partial charge >= 0.3 is 0 Å². The summed E-state index contributed by atoms with van der Waals surface area (Å²) >= 11 is 0. The van der Waals surface area contributed by atoms with E-state index in [-0.39, 0.29) is 30.3 Å². The van der Waals surface area contributed by atoms with Gasteiger partial charge in [-0.2, -0.15) is 5.10 Å². The topological polar surface area (TPSA) is 79.3 Å². The fourth-order valence-corrected chi connectivity index (χ4v) is 4.35. The Kier molecular flexibility index (Phi) is 7.15. The van der Waals surface area contributed by atoms with Crippen molar-refractivity contribution in [1.82, 2.24) is 25.3 Å². The summed E-state index contributed by atoms with van der Waals surface area (Å²) in [7, 11) is 0. The first-order valence-electron chi connectivity index (χ1n) is 10.5. The van der Waals surface area contributed by atoms with Crippen LogP contribution in [0.4, 0.5) is 0 Å². The summed E-state index contributed by atoms with van der Waals surface area (Å²) in [6.07, 6.45) is 6.62. The molecular weight excluding hydrogens is 402 g/mol. The largest absolute Gasteiger partial charge is 0.351 e. The van der Waals surface area contributed by atoms with Crippen LogP contribution in [0.1, 0.15) is 41.6 Å². The fraction of sp³-hybridized carbons (Fsp3) is 0.500. The van der Waals surface area contributed by atoms with Crippen LogP contribution in [0.3, 0.4) is 0 Å². The molecule has 0 bridgehead atoms. The van der Waals surface area contributed by atoms with Gasteiger partial charge in [0, 0.05) is 37.1 Å². The molecule has 7 nitrogen and oxygen atoms in total. The molecule has 8 heteroatoms. The van der Waals surface area contributed by atoms with Gasteiger partial charge in [-0.1, -0.05) is 17.7 Å². The van der Waals surface area contributed by atoms with Gasteiger partial charge in [0.25, 0.3) is 5.91 Å². The summed E-state index contributed by atoms with van der Waals surface area (Å²) < 4.78 is 1.82. The Morgan fingerprint density at radius 2 is 1.80 bits per heavy atom. The number of hydrogen-bond donors (Lipinski definition) is 2. The summed E-state index contributed by atoms with van der Waals surface area (Å²) in [6.45, 7) is 4.94. The van der Waals surface area contributed by atoms with Crippen molar-refractivity contribution in [3.63, 3.8) is 0 Å². The number of carbonyl (C=O) groups is 2. The average molecular weight is 432 g/mol. The monoisotopic (exact) mass is 431 g/mol. The maximum absolute atomic E-state index is 13.3. The highest BCUT2D eigenvalue weighted by Crippen LogP contribution is 2.28. The Hall–Kier alpha value is -2.38. The number of aryl methyl sites for hydroxylation is 1. The number of aromatic nitrogens is 2. The van der Waals surface area contributed by atoms with Crippen LogP contribution in [-0.2, 0) is 10.3 Å². The SMILES string of the molecule is Cc1ccc(C(=O)N2CCC(NC(=O)C3(n4cccn4)CCNCC3)CC2)cc1.Cl. The first-order valence-corrected chi connectivity index (χ1v) is 10.5. The average Bonchev–Trinajstić information content (AvgIpc) is 3.30. The van der Waals surface area contributed by atoms with Gasteiger partial charge < -0.3 is 15.5 Å². The molecule has 0 spiro atoms. The van der Waals surface area contributed by atoms with E-state index in [1.807, 2.05) is 53.0 Å². The number of benzene rings is 1. The fourth-order valence-electron chi connectivity index (χ4n) is 4.35. The minimum atomic E-state index is -0.621. The lowest BCUT2D eigenvalue weighted by atomic mass is 9.86. The molecule has 162 valence electrons. The zero-order chi connectivity index (χ0) is 20.3. The predicted octanol–water partition coefficient (Wildman–Crippen LogP) is 2.11. The number of nitrogens with zero attached hydrogens (tertiary/aromatic N) is 3. The zero-order valence-electron chi connectivity index (χ0n) is 17.3. The van der Waals surface area contributed by atoms with Crippen LogP contribution in [0.15, 0.2) is 42.7 Å². The molecule has 2 aromatic rings. The molecule has 2 aliphatic rings. The second-order valence-electron chi connectivity index (χ2n) is 8.14. The van der Waals surface area contributed by atoms with Crippen LogP contribution in [0, 0.1) is 6.92 Å². The van der Waals surface area contributed by atoms with Crippen molar-refractivity contribution in [3.8, 4) is 0 Å². The molecule has 2 saturated heterocycles. The molecule has 2 N–H and O–H groups in total. The van der Waals surface area contributed by atoms with Crippen molar-refractivity contribution in [3.05, 3.63) is 53.9 Å². The smallest absolute Gasteiger partial charge is 0.253 e. The number of carbonyl (C=O) groups excluding carboxylic acids is 2. The number of nitrogens with one attached hydrogen (secondary N) is 2. The van der Waals surface area contributed by atoms with Crippen molar-refractivity contribution < 1.29 is 9.59 Å². The Morgan fingerprint density at radius 3 is 2.40 bits per heavy atom. The van der Waals surface area contributed by atoms with Gasteiger partial charge in [0.15, 0.2) is 0 Å². The van der Waals surface area contributed by atoms with Crippen LogP contribution in [0.25, 0.3) is 0 Å². The molecule has 0 radical (unpaired) electrons. The number of piperidine rings is 2. The number of hydrogen-bond acceptors (Lipinski definition) is 4. The molecule has 3 heterocycles. The second-order valence-corrected chi connectivity index (χ2v) is 8.14. The molecule has 0 aliphatic carbocycles. The van der Waals surface area contributed by atoms with E-state index in [4.69, 9.17) is 0 Å². The molecule has 2 fully saturated rings. The molecule has 4 rings (SSSR count). The van der Waals surface area contributed by atoms with E-state index in [0.29, 0.717) is 13.1 Å². The van der Waals surface area contributed by atoms with Crippen LogP contribution < -0.4 is 10.6 Å². The van der Waals surface area contributed by atoms with Gasteiger partial charge in [0.2, 0.25) is 5.91 Å². The summed E-state index contributed by atoms with van der Waals surface area (Å²) in [5.41, 5.74) is 1.25. The summed E-state index contributed by atoms with van der Waals surface area (Å²) in [4.78, 5) is 27.9. The first-order chi connectivity index (χ1) is 14.1. The Labute approximate surface area is 183 Å². The van der Waals surface area contributed by atoms with Gasteiger partial charge in [-0.05, 0) is 63.9 Å². The Morgan fingerprint density at radius 1 is 1.13 bits per heavy atom. The first kappa shape index (κ1) is 22.3. The Bertz CT molecular complexity index is 839. The van der Waals surface area contributed by atoms with Crippen LogP contribution in [0.2, 0.25) is 0 Å². The quantitative estimate of drug-likeness (QED) is 0.777. The maximum atomic E-state index is 13.3. The van der Waals surface area contributed by atoms with E-state index in [9.17, 15) is 9.59 Å². The number of halogens is 1. The van der Waals surface area contributed by atoms with Crippen LogP contribution in [0.5, 0.6) is 0 Å². The molecule has 1 aromatic heterocycles. The second kappa shape index (κ2) is 9.62. The maximum Gasteiger partial charge on any atom is 0.253 e. The highest BCUT2D eigenvalue weighted by Gasteiger charge is 2.43. The number of rotatable bonds is 4. The predicted molar refractivity (Wildman–Crippen MR) is 118 cm³/mol. The summed E-state index contributed by atoms with van der Waals surface area (Å²) in [6, 6.07) is 9.66. The molecule has 0 saturated carbocycles. The van der Waals surface area contributed by atoms with Gasteiger partial charge in [-0.3, -0.25) is 14.3 Å². The number of amides is 2. The third kappa shape index (κ3) is 4.52. The van der Waals surface area contributed by atoms with Crippen LogP contribution >= 0.6 is 12.4 Å². The molecule has 0 unspecified atom stereocenters. The third-order valence-corrected chi connectivity index (χ3v) is 6.21. The number of likely N-dealkylation sites (tertiary alicyclic amines) is 1. The lowest BCUT2D eigenvalue weighted by molar-refractivity contribution is -0.133. The molecular formula is C22H30ClN5O2. The van der Waals surface area contributed by atoms with E-state index < -0.39 is 5.54 Å². The van der Waals surface area contributed by atoms with Crippen molar-refractivity contribution in [2.75, 3.05) is 26.2 Å². The van der Waals surface area contributed by atoms with Gasteiger partial charge in [-0.15, -0.1) is 12.4 Å². The summed E-state index contributed by atoms with van der Waals surface area (Å²) in [5, 5.41) is 11.0. The van der Waals surface area contributed by atoms with E-state index in [2.05, 4.69) is 15.7 Å². The van der Waals surface area contributed by atoms with E-state index >= 15 is 0 Å². The molecule has 2 aliphatic heterocycles. The van der Waals surface area contributed by atoms with E-state index in [1.165, 1.54) is 0 Å². The van der Waals surface area contributed by atoms with Crippen LogP contribution in [-0.4, -0.2) is 58.7 Å². The summed E-state index contributed by atoms with van der Waals surface area (Å²) in [5.74, 6) is 0.118. The lowest BCUT2D eigenvalue weighted by Gasteiger charge is -2.39. The third-order valence-electron chi connectivity index (χ3n) is 6.21. The lowest BCUT2D eigenvalue weighted by Crippen LogP contribution is -2.57. The highest BCUT2D eigenvalue weighted by atomic mass is 35.5. The molecule has 1 aromatic carbocycles. The highest BCUT2D eigenvalue weighted by molar-refractivity contribution is 5.94. The van der Waals surface area contributed by atoms with Gasteiger partial charge in [0.05, 0.1) is 0 Å². The van der Waals surface area contributed by atoms with E-state index in [0.717, 1.165) is 49.9 Å². The van der Waals surface area contributed by atoms with Crippen molar-refractivity contribution in [1.29, 1.82) is 0 Å². The molecule has 2 amide bonds.